The molecule has 0 saturated heterocycles. The number of esters is 1. The van der Waals surface area contributed by atoms with Gasteiger partial charge in [0, 0.05) is 12.5 Å². The van der Waals surface area contributed by atoms with Gasteiger partial charge in [-0.15, -0.1) is 0 Å². The van der Waals surface area contributed by atoms with Crippen LogP contribution in [-0.2, 0) is 9.53 Å². The Balaban J connectivity index is 2.27. The largest absolute Gasteiger partial charge is 0.453 e. The molecule has 23 heavy (non-hydrogen) atoms. The van der Waals surface area contributed by atoms with Gasteiger partial charge in [-0.3, -0.25) is 4.79 Å². The van der Waals surface area contributed by atoms with Gasteiger partial charge in [0.25, 0.3) is 0 Å². The number of hydrogen-bond donors (Lipinski definition) is 0. The number of carbonyl (C=O) groups excluding carboxylic acids is 1. The van der Waals surface area contributed by atoms with Gasteiger partial charge in [-0.25, -0.2) is 0 Å². The van der Waals surface area contributed by atoms with Crippen molar-refractivity contribution in [2.24, 2.45) is 0 Å². The summed E-state index contributed by atoms with van der Waals surface area (Å²) in [6, 6.07) is 17.9. The molecule has 0 bridgehead atoms. The molecule has 0 radical (unpaired) electrons. The van der Waals surface area contributed by atoms with Crippen LogP contribution in [-0.4, -0.2) is 12.6 Å². The fourth-order valence-corrected chi connectivity index (χ4v) is 2.06. The van der Waals surface area contributed by atoms with Gasteiger partial charge in [0.05, 0.1) is 0 Å². The SMILES string of the molecule is CC(=O)OCC#CC(C#Cc1ccccc1)c1ccccc1C. The molecule has 2 rings (SSSR count). The molecule has 2 aromatic carbocycles. The van der Waals surface area contributed by atoms with Gasteiger partial charge < -0.3 is 4.74 Å². The van der Waals surface area contributed by atoms with E-state index in [0.29, 0.717) is 0 Å². The second-order valence-electron chi connectivity index (χ2n) is 5.03. The van der Waals surface area contributed by atoms with E-state index in [-0.39, 0.29) is 18.5 Å². The lowest BCUT2D eigenvalue weighted by Gasteiger charge is -2.07. The molecule has 114 valence electrons. The summed E-state index contributed by atoms with van der Waals surface area (Å²) in [4.78, 5) is 10.8. The molecule has 0 aliphatic heterocycles. The highest BCUT2D eigenvalue weighted by Gasteiger charge is 2.07. The normalized spacial score (nSPS) is 10.5. The first kappa shape index (κ1) is 16.4. The van der Waals surface area contributed by atoms with Crippen molar-refractivity contribution < 1.29 is 9.53 Å². The van der Waals surface area contributed by atoms with Crippen molar-refractivity contribution in [2.75, 3.05) is 6.61 Å². The molecule has 0 aromatic heterocycles. The first-order valence-corrected chi connectivity index (χ1v) is 7.40. The van der Waals surface area contributed by atoms with E-state index in [1.54, 1.807) is 0 Å². The summed E-state index contributed by atoms with van der Waals surface area (Å²) < 4.78 is 4.86. The summed E-state index contributed by atoms with van der Waals surface area (Å²) in [5.41, 5.74) is 3.17. The van der Waals surface area contributed by atoms with Crippen LogP contribution in [0.15, 0.2) is 54.6 Å². The van der Waals surface area contributed by atoms with Crippen LogP contribution in [0.25, 0.3) is 0 Å². The lowest BCUT2D eigenvalue weighted by atomic mass is 9.95. The van der Waals surface area contributed by atoms with E-state index < -0.39 is 0 Å². The van der Waals surface area contributed by atoms with Crippen molar-refractivity contribution in [1.29, 1.82) is 0 Å². The van der Waals surface area contributed by atoms with E-state index >= 15 is 0 Å². The predicted octanol–water partition coefficient (Wildman–Crippen LogP) is 3.70. The van der Waals surface area contributed by atoms with Gasteiger partial charge in [0.15, 0.2) is 6.61 Å². The van der Waals surface area contributed by atoms with Crippen molar-refractivity contribution in [3.8, 4) is 23.7 Å². The summed E-state index contributed by atoms with van der Waals surface area (Å²) in [7, 11) is 0. The van der Waals surface area contributed by atoms with Crippen LogP contribution in [0.4, 0.5) is 0 Å². The highest BCUT2D eigenvalue weighted by molar-refractivity contribution is 5.66. The molecule has 0 aliphatic carbocycles. The first-order chi connectivity index (χ1) is 11.2. The summed E-state index contributed by atoms with van der Waals surface area (Å²) in [6.07, 6.45) is 0. The van der Waals surface area contributed by atoms with E-state index in [0.717, 1.165) is 16.7 Å². The van der Waals surface area contributed by atoms with E-state index in [4.69, 9.17) is 4.74 Å². The van der Waals surface area contributed by atoms with Crippen LogP contribution in [0.1, 0.15) is 29.5 Å². The molecule has 0 heterocycles. The minimum Gasteiger partial charge on any atom is -0.453 e. The Morgan fingerprint density at radius 2 is 1.74 bits per heavy atom. The van der Waals surface area contributed by atoms with Gasteiger partial charge in [-0.05, 0) is 30.2 Å². The molecule has 1 unspecified atom stereocenters. The van der Waals surface area contributed by atoms with Gasteiger partial charge in [0.2, 0.25) is 0 Å². The van der Waals surface area contributed by atoms with E-state index in [1.807, 2.05) is 61.5 Å². The van der Waals surface area contributed by atoms with Crippen LogP contribution >= 0.6 is 0 Å². The van der Waals surface area contributed by atoms with Crippen molar-refractivity contribution in [3.63, 3.8) is 0 Å². The van der Waals surface area contributed by atoms with Crippen LogP contribution in [0.2, 0.25) is 0 Å². The topological polar surface area (TPSA) is 26.3 Å². The Morgan fingerprint density at radius 3 is 2.43 bits per heavy atom. The smallest absolute Gasteiger partial charge is 0.303 e. The molecule has 2 aromatic rings. The van der Waals surface area contributed by atoms with Crippen molar-refractivity contribution in [3.05, 3.63) is 71.3 Å². The average molecular weight is 302 g/mol. The van der Waals surface area contributed by atoms with Crippen LogP contribution in [0, 0.1) is 30.6 Å². The van der Waals surface area contributed by atoms with Crippen molar-refractivity contribution >= 4 is 5.97 Å². The average Bonchev–Trinajstić information content (AvgIpc) is 2.56. The summed E-state index contributed by atoms with van der Waals surface area (Å²) in [6.45, 7) is 3.50. The second-order valence-corrected chi connectivity index (χ2v) is 5.03. The molecule has 2 heteroatoms. The standard InChI is InChI=1S/C21H18O2/c1-17-9-6-7-13-21(17)20(12-8-16-23-18(2)22)15-14-19-10-4-3-5-11-19/h3-7,9-11,13,20H,16H2,1-2H3. The molecule has 0 amide bonds. The highest BCUT2D eigenvalue weighted by atomic mass is 16.5. The number of rotatable bonds is 2. The number of ether oxygens (including phenoxy) is 1. The molecule has 0 fully saturated rings. The molecule has 2 nitrogen and oxygen atoms in total. The zero-order chi connectivity index (χ0) is 16.5. The summed E-state index contributed by atoms with van der Waals surface area (Å²) in [5.74, 6) is 11.8. The maximum absolute atomic E-state index is 10.8. The Bertz CT molecular complexity index is 783. The first-order valence-electron chi connectivity index (χ1n) is 7.40. The fraction of sp³-hybridized carbons (Fsp3) is 0.190. The lowest BCUT2D eigenvalue weighted by molar-refractivity contribution is -0.139. The quantitative estimate of drug-likeness (QED) is 0.624. The Kier molecular flexibility index (Phi) is 6.04. The number of carbonyl (C=O) groups is 1. The third-order valence-electron chi connectivity index (χ3n) is 3.23. The van der Waals surface area contributed by atoms with E-state index in [2.05, 4.69) is 23.7 Å². The summed E-state index contributed by atoms with van der Waals surface area (Å²) >= 11 is 0. The third-order valence-corrected chi connectivity index (χ3v) is 3.23. The maximum atomic E-state index is 10.8. The lowest BCUT2D eigenvalue weighted by Crippen LogP contribution is -2.00. The highest BCUT2D eigenvalue weighted by Crippen LogP contribution is 2.18. The molecule has 0 N–H and O–H groups in total. The van der Waals surface area contributed by atoms with Crippen LogP contribution in [0.5, 0.6) is 0 Å². The zero-order valence-electron chi connectivity index (χ0n) is 13.3. The van der Waals surface area contributed by atoms with Gasteiger partial charge >= 0.3 is 5.97 Å². The van der Waals surface area contributed by atoms with Crippen LogP contribution < -0.4 is 0 Å². The Morgan fingerprint density at radius 1 is 1.04 bits per heavy atom. The summed E-state index contributed by atoms with van der Waals surface area (Å²) in [5, 5.41) is 0. The van der Waals surface area contributed by atoms with Crippen LogP contribution in [0.3, 0.4) is 0 Å². The van der Waals surface area contributed by atoms with E-state index in [1.165, 1.54) is 6.92 Å². The molecule has 0 aliphatic rings. The number of benzene rings is 2. The predicted molar refractivity (Wildman–Crippen MR) is 91.6 cm³/mol. The molecular weight excluding hydrogens is 284 g/mol. The van der Waals surface area contributed by atoms with Gasteiger partial charge in [-0.1, -0.05) is 66.1 Å². The monoisotopic (exact) mass is 302 g/mol. The molecule has 1 atom stereocenters. The zero-order valence-corrected chi connectivity index (χ0v) is 13.3. The number of aryl methyl sites for hydroxylation is 1. The van der Waals surface area contributed by atoms with Gasteiger partial charge in [-0.2, -0.15) is 0 Å². The minimum absolute atomic E-state index is 0.0880. The third kappa shape index (κ3) is 5.38. The Hall–Kier alpha value is -2.97. The van der Waals surface area contributed by atoms with E-state index in [9.17, 15) is 4.79 Å². The minimum atomic E-state index is -0.331. The fourth-order valence-electron chi connectivity index (χ4n) is 2.06. The molecule has 0 saturated carbocycles. The molecule has 0 spiro atoms. The van der Waals surface area contributed by atoms with Crippen molar-refractivity contribution in [1.82, 2.24) is 0 Å². The van der Waals surface area contributed by atoms with Crippen molar-refractivity contribution in [2.45, 2.75) is 19.8 Å². The number of hydrogen-bond acceptors (Lipinski definition) is 2. The second kappa shape index (κ2) is 8.47. The molecular formula is C21H18O2. The maximum Gasteiger partial charge on any atom is 0.303 e. The van der Waals surface area contributed by atoms with Gasteiger partial charge in [0.1, 0.15) is 5.92 Å². The Labute approximate surface area is 137 Å².